The molecule has 0 amide bonds. The lowest BCUT2D eigenvalue weighted by Gasteiger charge is -2.38. The number of aromatic nitrogens is 2. The van der Waals surface area contributed by atoms with Crippen LogP contribution in [-0.2, 0) is 10.0 Å². The van der Waals surface area contributed by atoms with E-state index in [9.17, 15) is 8.42 Å². The van der Waals surface area contributed by atoms with E-state index >= 15 is 0 Å². The van der Waals surface area contributed by atoms with Crippen LogP contribution >= 0.6 is 0 Å². The van der Waals surface area contributed by atoms with Gasteiger partial charge in [0, 0.05) is 18.6 Å². The van der Waals surface area contributed by atoms with Gasteiger partial charge in [-0.3, -0.25) is 5.10 Å². The van der Waals surface area contributed by atoms with E-state index in [0.29, 0.717) is 30.9 Å². The van der Waals surface area contributed by atoms with Gasteiger partial charge in [-0.05, 0) is 33.6 Å². The lowest BCUT2D eigenvalue weighted by molar-refractivity contribution is 0.206. The Labute approximate surface area is 121 Å². The van der Waals surface area contributed by atoms with Gasteiger partial charge in [-0.25, -0.2) is 8.42 Å². The monoisotopic (exact) mass is 302 g/mol. The first-order valence-electron chi connectivity index (χ1n) is 6.99. The van der Waals surface area contributed by atoms with Crippen LogP contribution in [0.1, 0.15) is 45.0 Å². The number of aromatic amines is 1. The van der Waals surface area contributed by atoms with E-state index in [2.05, 4.69) is 10.2 Å². The topological polar surface area (TPSA) is 92.1 Å². The van der Waals surface area contributed by atoms with Gasteiger partial charge in [0.2, 0.25) is 10.0 Å². The van der Waals surface area contributed by atoms with Crippen LogP contribution in [0.25, 0.3) is 0 Å². The third-order valence-electron chi connectivity index (χ3n) is 3.84. The fourth-order valence-electron chi connectivity index (χ4n) is 2.34. The van der Waals surface area contributed by atoms with Crippen molar-refractivity contribution in [3.63, 3.8) is 0 Å². The highest BCUT2D eigenvalue weighted by atomic mass is 32.2. The van der Waals surface area contributed by atoms with Crippen LogP contribution in [0.2, 0.25) is 0 Å². The molecule has 20 heavy (non-hydrogen) atoms. The summed E-state index contributed by atoms with van der Waals surface area (Å²) in [5.41, 5.74) is 6.33. The van der Waals surface area contributed by atoms with Crippen LogP contribution in [0.4, 0.5) is 0 Å². The average molecular weight is 302 g/mol. The molecule has 0 aliphatic rings. The predicted molar refractivity (Wildman–Crippen MR) is 80.0 cm³/mol. The third-order valence-corrected chi connectivity index (χ3v) is 6.16. The summed E-state index contributed by atoms with van der Waals surface area (Å²) in [5, 5.41) is 6.74. The maximum atomic E-state index is 13.0. The molecule has 0 saturated carbocycles. The van der Waals surface area contributed by atoms with Crippen LogP contribution < -0.4 is 5.73 Å². The summed E-state index contributed by atoms with van der Waals surface area (Å²) < 4.78 is 27.5. The van der Waals surface area contributed by atoms with Gasteiger partial charge in [0.05, 0.1) is 11.4 Å². The van der Waals surface area contributed by atoms with Gasteiger partial charge in [-0.15, -0.1) is 0 Å². The molecule has 6 nitrogen and oxygen atoms in total. The largest absolute Gasteiger partial charge is 0.329 e. The molecule has 0 aliphatic heterocycles. The zero-order valence-corrected chi connectivity index (χ0v) is 13.8. The molecule has 0 fully saturated rings. The first-order chi connectivity index (χ1) is 9.24. The molecule has 1 rings (SSSR count). The highest BCUT2D eigenvalue weighted by molar-refractivity contribution is 7.89. The van der Waals surface area contributed by atoms with Crippen LogP contribution in [0.3, 0.4) is 0 Å². The van der Waals surface area contributed by atoms with Crippen molar-refractivity contribution < 1.29 is 8.42 Å². The molecule has 0 aromatic carbocycles. The molecule has 1 aromatic rings. The zero-order chi connectivity index (χ0) is 15.6. The Bertz CT molecular complexity index is 527. The van der Waals surface area contributed by atoms with E-state index in [1.54, 1.807) is 13.8 Å². The van der Waals surface area contributed by atoms with Crippen molar-refractivity contribution in [1.29, 1.82) is 0 Å². The molecule has 1 atom stereocenters. The Balaban J connectivity index is 3.41. The molecule has 7 heteroatoms. The Morgan fingerprint density at radius 3 is 2.30 bits per heavy atom. The van der Waals surface area contributed by atoms with Crippen molar-refractivity contribution in [2.45, 2.75) is 57.9 Å². The third kappa shape index (κ3) is 2.89. The Morgan fingerprint density at radius 1 is 1.35 bits per heavy atom. The molecule has 0 saturated heterocycles. The summed E-state index contributed by atoms with van der Waals surface area (Å²) in [6, 6.07) is 0. The Morgan fingerprint density at radius 2 is 1.95 bits per heavy atom. The number of hydrogen-bond donors (Lipinski definition) is 2. The molecule has 116 valence electrons. The van der Waals surface area contributed by atoms with Crippen LogP contribution in [0.5, 0.6) is 0 Å². The van der Waals surface area contributed by atoms with Gasteiger partial charge in [0.1, 0.15) is 4.90 Å². The van der Waals surface area contributed by atoms with E-state index in [1.807, 2.05) is 20.8 Å². The quantitative estimate of drug-likeness (QED) is 0.799. The smallest absolute Gasteiger partial charge is 0.247 e. The van der Waals surface area contributed by atoms with E-state index in [-0.39, 0.29) is 4.90 Å². The SMILES string of the molecule is CCCN(C(C)(CC)CN)S(=O)(=O)c1c(C)n[nH]c1C. The van der Waals surface area contributed by atoms with Gasteiger partial charge in [0.15, 0.2) is 0 Å². The number of rotatable bonds is 7. The summed E-state index contributed by atoms with van der Waals surface area (Å²) in [5.74, 6) is 0. The predicted octanol–water partition coefficient (Wildman–Crippen LogP) is 1.55. The van der Waals surface area contributed by atoms with Crippen molar-refractivity contribution in [3.05, 3.63) is 11.4 Å². The van der Waals surface area contributed by atoms with E-state index < -0.39 is 15.6 Å². The molecule has 1 heterocycles. The summed E-state index contributed by atoms with van der Waals surface area (Å²) >= 11 is 0. The van der Waals surface area contributed by atoms with Crippen molar-refractivity contribution in [3.8, 4) is 0 Å². The fraction of sp³-hybridized carbons (Fsp3) is 0.769. The normalized spacial score (nSPS) is 15.6. The lowest BCUT2D eigenvalue weighted by atomic mass is 9.99. The second-order valence-corrected chi connectivity index (χ2v) is 7.19. The number of nitrogens with zero attached hydrogens (tertiary/aromatic N) is 2. The lowest BCUT2D eigenvalue weighted by Crippen LogP contribution is -2.54. The molecule has 1 unspecified atom stereocenters. The minimum atomic E-state index is -3.60. The number of nitrogens with one attached hydrogen (secondary N) is 1. The standard InChI is InChI=1S/C13H26N4O2S/c1-6-8-17(13(5,7-2)9-14)20(18,19)12-10(3)15-16-11(12)4/h6-9,14H2,1-5H3,(H,15,16). The molecule has 0 bridgehead atoms. The van der Waals surface area contributed by atoms with E-state index in [1.165, 1.54) is 4.31 Å². The molecule has 0 spiro atoms. The summed E-state index contributed by atoms with van der Waals surface area (Å²) in [4.78, 5) is 0.277. The highest BCUT2D eigenvalue weighted by Crippen LogP contribution is 2.29. The molecule has 3 N–H and O–H groups in total. The first kappa shape index (κ1) is 17.1. The van der Waals surface area contributed by atoms with E-state index in [4.69, 9.17) is 5.73 Å². The number of hydrogen-bond acceptors (Lipinski definition) is 4. The molecule has 1 aromatic heterocycles. The second-order valence-electron chi connectivity index (χ2n) is 5.39. The number of H-pyrrole nitrogens is 1. The number of nitrogens with two attached hydrogens (primary N) is 1. The summed E-state index contributed by atoms with van der Waals surface area (Å²) in [6.07, 6.45) is 1.41. The minimum Gasteiger partial charge on any atom is -0.329 e. The molecular formula is C13H26N4O2S. The van der Waals surface area contributed by atoms with Crippen molar-refractivity contribution in [1.82, 2.24) is 14.5 Å². The van der Waals surface area contributed by atoms with Crippen molar-refractivity contribution in [2.24, 2.45) is 5.73 Å². The van der Waals surface area contributed by atoms with Gasteiger partial charge in [-0.2, -0.15) is 9.40 Å². The highest BCUT2D eigenvalue weighted by Gasteiger charge is 2.39. The first-order valence-corrected chi connectivity index (χ1v) is 8.43. The number of sulfonamides is 1. The van der Waals surface area contributed by atoms with E-state index in [0.717, 1.165) is 6.42 Å². The average Bonchev–Trinajstić information content (AvgIpc) is 2.75. The van der Waals surface area contributed by atoms with Crippen LogP contribution in [-0.4, -0.2) is 41.5 Å². The maximum absolute atomic E-state index is 13.0. The minimum absolute atomic E-state index is 0.277. The molecular weight excluding hydrogens is 276 g/mol. The van der Waals surface area contributed by atoms with Crippen LogP contribution in [0.15, 0.2) is 4.90 Å². The van der Waals surface area contributed by atoms with Gasteiger partial charge >= 0.3 is 0 Å². The van der Waals surface area contributed by atoms with Crippen molar-refractivity contribution >= 4 is 10.0 Å². The fourth-order valence-corrected chi connectivity index (χ4v) is 4.62. The Hall–Kier alpha value is -0.920. The van der Waals surface area contributed by atoms with Crippen molar-refractivity contribution in [2.75, 3.05) is 13.1 Å². The molecule has 0 aliphatic carbocycles. The van der Waals surface area contributed by atoms with Gasteiger partial charge in [0.25, 0.3) is 0 Å². The second kappa shape index (κ2) is 6.24. The summed E-state index contributed by atoms with van der Waals surface area (Å²) in [6.45, 7) is 9.98. The summed E-state index contributed by atoms with van der Waals surface area (Å²) in [7, 11) is -3.60. The Kier molecular flexibility index (Phi) is 5.34. The van der Waals surface area contributed by atoms with Gasteiger partial charge in [-0.1, -0.05) is 13.8 Å². The maximum Gasteiger partial charge on any atom is 0.247 e. The van der Waals surface area contributed by atoms with Crippen LogP contribution in [0, 0.1) is 13.8 Å². The zero-order valence-electron chi connectivity index (χ0n) is 13.0. The number of aryl methyl sites for hydroxylation is 2. The molecule has 0 radical (unpaired) electrons. The van der Waals surface area contributed by atoms with Gasteiger partial charge < -0.3 is 5.73 Å².